The quantitative estimate of drug-likeness (QED) is 0.793. The number of allylic oxidation sites excluding steroid dienone is 3. The molecule has 134 valence electrons. The molecule has 1 heterocycles. The Bertz CT molecular complexity index is 553. The van der Waals surface area contributed by atoms with E-state index in [1.165, 1.54) is 0 Å². The van der Waals surface area contributed by atoms with Crippen molar-refractivity contribution in [3.05, 3.63) is 22.4 Å². The van der Waals surface area contributed by atoms with Gasteiger partial charge >= 0.3 is 0 Å². The standard InChI is InChI=1S/C18H28ClN3O2/c1-10(2)15-16(21-18(24-5)22-17(15)23-4)14(9-20)12-6-11(3)7-13(19)8-12/h7,10-12,14,17-18,21-22H,6,8H2,1-5H3/t11?,12?,14?,17?,18-/m1/s1. The Balaban J connectivity index is 2.41. The predicted molar refractivity (Wildman–Crippen MR) is 94.7 cm³/mol. The van der Waals surface area contributed by atoms with Crippen LogP contribution in [-0.2, 0) is 9.47 Å². The predicted octanol–water partition coefficient (Wildman–Crippen LogP) is 3.30. The highest BCUT2D eigenvalue weighted by atomic mass is 35.5. The summed E-state index contributed by atoms with van der Waals surface area (Å²) >= 11 is 6.31. The summed E-state index contributed by atoms with van der Waals surface area (Å²) in [5, 5.41) is 17.4. The molecular formula is C18H28ClN3O2. The fraction of sp³-hybridized carbons (Fsp3) is 0.722. The van der Waals surface area contributed by atoms with Crippen molar-refractivity contribution < 1.29 is 9.47 Å². The van der Waals surface area contributed by atoms with Crippen molar-refractivity contribution >= 4 is 11.6 Å². The van der Waals surface area contributed by atoms with Crippen molar-refractivity contribution in [3.8, 4) is 6.07 Å². The summed E-state index contributed by atoms with van der Waals surface area (Å²) in [5.74, 6) is 0.551. The van der Waals surface area contributed by atoms with Crippen molar-refractivity contribution in [3.63, 3.8) is 0 Å². The SMILES string of the molecule is COC1N[C@H](OC)NC(C(C#N)C2CC(Cl)=CC(C)C2)=C1C(C)C. The minimum Gasteiger partial charge on any atom is -0.362 e. The van der Waals surface area contributed by atoms with E-state index >= 15 is 0 Å². The second kappa shape index (κ2) is 8.35. The van der Waals surface area contributed by atoms with Crippen molar-refractivity contribution in [1.82, 2.24) is 10.6 Å². The molecule has 2 N–H and O–H groups in total. The molecule has 0 aromatic carbocycles. The number of halogens is 1. The first-order chi connectivity index (χ1) is 11.4. The average Bonchev–Trinajstić information content (AvgIpc) is 2.53. The van der Waals surface area contributed by atoms with E-state index in [0.717, 1.165) is 29.1 Å². The Hall–Kier alpha value is -1.06. The zero-order valence-corrected chi connectivity index (χ0v) is 15.9. The Morgan fingerprint density at radius 2 is 2.04 bits per heavy atom. The number of rotatable bonds is 5. The smallest absolute Gasteiger partial charge is 0.185 e. The van der Waals surface area contributed by atoms with Crippen LogP contribution in [0.3, 0.4) is 0 Å². The third-order valence-electron chi connectivity index (χ3n) is 4.79. The van der Waals surface area contributed by atoms with Gasteiger partial charge in [-0.05, 0) is 36.2 Å². The molecule has 0 fully saturated rings. The number of nitrogens with one attached hydrogen (secondary N) is 2. The first kappa shape index (κ1) is 19.3. The molecule has 0 amide bonds. The molecule has 0 saturated carbocycles. The lowest BCUT2D eigenvalue weighted by atomic mass is 9.76. The average molecular weight is 354 g/mol. The highest BCUT2D eigenvalue weighted by molar-refractivity contribution is 6.29. The molecule has 1 aliphatic carbocycles. The van der Waals surface area contributed by atoms with Crippen molar-refractivity contribution in [1.29, 1.82) is 5.26 Å². The molecule has 24 heavy (non-hydrogen) atoms. The van der Waals surface area contributed by atoms with E-state index in [9.17, 15) is 5.26 Å². The zero-order valence-electron chi connectivity index (χ0n) is 15.1. The minimum absolute atomic E-state index is 0.187. The van der Waals surface area contributed by atoms with Gasteiger partial charge in [-0.3, -0.25) is 0 Å². The molecule has 1 aliphatic heterocycles. The van der Waals surface area contributed by atoms with Crippen molar-refractivity contribution in [2.75, 3.05) is 14.2 Å². The first-order valence-corrected chi connectivity index (χ1v) is 8.86. The monoisotopic (exact) mass is 353 g/mol. The molecule has 5 nitrogen and oxygen atoms in total. The van der Waals surface area contributed by atoms with E-state index < -0.39 is 0 Å². The highest BCUT2D eigenvalue weighted by Gasteiger charge is 2.37. The van der Waals surface area contributed by atoms with Gasteiger partial charge in [0, 0.05) is 24.9 Å². The third kappa shape index (κ3) is 4.12. The molecule has 0 saturated heterocycles. The van der Waals surface area contributed by atoms with Gasteiger partial charge in [-0.15, -0.1) is 0 Å². The molecule has 4 unspecified atom stereocenters. The molecule has 2 aliphatic rings. The molecule has 6 heteroatoms. The second-order valence-corrected chi connectivity index (χ2v) is 7.45. The summed E-state index contributed by atoms with van der Waals surface area (Å²) in [5.41, 5.74) is 2.00. The lowest BCUT2D eigenvalue weighted by Crippen LogP contribution is -2.56. The Labute approximate surface area is 150 Å². The molecule has 0 aromatic heterocycles. The van der Waals surface area contributed by atoms with Crippen LogP contribution in [0.4, 0.5) is 0 Å². The van der Waals surface area contributed by atoms with E-state index in [2.05, 4.69) is 43.6 Å². The normalized spacial score (nSPS) is 32.2. The zero-order chi connectivity index (χ0) is 17.9. The van der Waals surface area contributed by atoms with Gasteiger partial charge in [0.05, 0.1) is 12.0 Å². The van der Waals surface area contributed by atoms with E-state index in [0.29, 0.717) is 5.92 Å². The van der Waals surface area contributed by atoms with Crippen LogP contribution in [0.15, 0.2) is 22.4 Å². The van der Waals surface area contributed by atoms with E-state index in [4.69, 9.17) is 21.1 Å². The van der Waals surface area contributed by atoms with Crippen LogP contribution in [-0.4, -0.2) is 26.8 Å². The Kier molecular flexibility index (Phi) is 6.70. The molecule has 0 aromatic rings. The number of methoxy groups -OCH3 is 2. The van der Waals surface area contributed by atoms with Crippen LogP contribution in [0.5, 0.6) is 0 Å². The van der Waals surface area contributed by atoms with Gasteiger partial charge in [0.25, 0.3) is 0 Å². The molecular weight excluding hydrogens is 326 g/mol. The maximum Gasteiger partial charge on any atom is 0.185 e. The number of hydrogen-bond donors (Lipinski definition) is 2. The van der Waals surface area contributed by atoms with Crippen LogP contribution >= 0.6 is 11.6 Å². The minimum atomic E-state index is -0.379. The maximum absolute atomic E-state index is 9.93. The van der Waals surface area contributed by atoms with Crippen LogP contribution < -0.4 is 10.6 Å². The Morgan fingerprint density at radius 3 is 2.54 bits per heavy atom. The topological polar surface area (TPSA) is 66.3 Å². The van der Waals surface area contributed by atoms with Gasteiger partial charge in [-0.1, -0.05) is 38.4 Å². The van der Waals surface area contributed by atoms with Crippen molar-refractivity contribution in [2.45, 2.75) is 46.2 Å². The summed E-state index contributed by atoms with van der Waals surface area (Å²) in [7, 11) is 3.29. The maximum atomic E-state index is 9.93. The van der Waals surface area contributed by atoms with Crippen LogP contribution in [0.25, 0.3) is 0 Å². The first-order valence-electron chi connectivity index (χ1n) is 8.49. The summed E-state index contributed by atoms with van der Waals surface area (Å²) in [6.45, 7) is 6.37. The summed E-state index contributed by atoms with van der Waals surface area (Å²) < 4.78 is 11.0. The van der Waals surface area contributed by atoms with Crippen LogP contribution in [0.2, 0.25) is 0 Å². The molecule has 2 rings (SSSR count). The highest BCUT2D eigenvalue weighted by Crippen LogP contribution is 2.39. The lowest BCUT2D eigenvalue weighted by Gasteiger charge is -2.40. The van der Waals surface area contributed by atoms with Crippen LogP contribution in [0.1, 0.15) is 33.6 Å². The summed E-state index contributed by atoms with van der Waals surface area (Å²) in [4.78, 5) is 0. The van der Waals surface area contributed by atoms with E-state index in [-0.39, 0.29) is 30.3 Å². The van der Waals surface area contributed by atoms with Crippen LogP contribution in [0, 0.1) is 35.0 Å². The van der Waals surface area contributed by atoms with Gasteiger partial charge in [0.2, 0.25) is 0 Å². The molecule has 5 atom stereocenters. The number of nitriles is 1. The van der Waals surface area contributed by atoms with E-state index in [1.807, 2.05) is 0 Å². The van der Waals surface area contributed by atoms with Crippen molar-refractivity contribution in [2.24, 2.45) is 23.7 Å². The summed E-state index contributed by atoms with van der Waals surface area (Å²) in [6, 6.07) is 2.51. The largest absolute Gasteiger partial charge is 0.362 e. The number of nitrogens with zero attached hydrogens (tertiary/aromatic N) is 1. The van der Waals surface area contributed by atoms with Gasteiger partial charge in [-0.2, -0.15) is 5.26 Å². The van der Waals surface area contributed by atoms with Gasteiger partial charge in [-0.25, -0.2) is 5.32 Å². The van der Waals surface area contributed by atoms with Gasteiger partial charge in [0.1, 0.15) is 6.23 Å². The third-order valence-corrected chi connectivity index (χ3v) is 5.08. The molecule has 0 bridgehead atoms. The van der Waals surface area contributed by atoms with Gasteiger partial charge in [0.15, 0.2) is 6.35 Å². The fourth-order valence-electron chi connectivity index (χ4n) is 3.76. The number of ether oxygens (including phenoxy) is 2. The van der Waals surface area contributed by atoms with Gasteiger partial charge < -0.3 is 14.8 Å². The second-order valence-electron chi connectivity index (χ2n) is 6.96. The molecule has 0 radical (unpaired) electrons. The molecule has 0 spiro atoms. The summed E-state index contributed by atoms with van der Waals surface area (Å²) in [6.07, 6.45) is 3.14. The fourth-order valence-corrected chi connectivity index (χ4v) is 4.17. The lowest BCUT2D eigenvalue weighted by molar-refractivity contribution is -0.0239. The number of hydrogen-bond acceptors (Lipinski definition) is 5. The van der Waals surface area contributed by atoms with E-state index in [1.54, 1.807) is 14.2 Å². The Morgan fingerprint density at radius 1 is 1.33 bits per heavy atom.